The molecule has 1 saturated heterocycles. The van der Waals surface area contributed by atoms with Gasteiger partial charge in [0.15, 0.2) is 0 Å². The van der Waals surface area contributed by atoms with Crippen LogP contribution >= 0.6 is 0 Å². The second kappa shape index (κ2) is 5.01. The molecule has 3 heteroatoms. The molecule has 0 radical (unpaired) electrons. The van der Waals surface area contributed by atoms with Crippen LogP contribution in [-0.2, 0) is 9.31 Å². The van der Waals surface area contributed by atoms with E-state index in [9.17, 15) is 0 Å². The molecular weight excluding hydrogens is 163 g/mol. The van der Waals surface area contributed by atoms with Crippen LogP contribution in [0.2, 0.25) is 6.32 Å². The summed E-state index contributed by atoms with van der Waals surface area (Å²) in [4.78, 5) is 0. The van der Waals surface area contributed by atoms with Crippen molar-refractivity contribution in [3.05, 3.63) is 0 Å². The Morgan fingerprint density at radius 1 is 1.15 bits per heavy atom. The highest BCUT2D eigenvalue weighted by Gasteiger charge is 2.28. The Morgan fingerprint density at radius 2 is 1.69 bits per heavy atom. The Balaban J connectivity index is 2.22. The minimum absolute atomic E-state index is 0.0509. The van der Waals surface area contributed by atoms with Gasteiger partial charge in [0.2, 0.25) is 0 Å². The Bertz CT molecular complexity index is 140. The molecule has 0 N–H and O–H groups in total. The minimum Gasteiger partial charge on any atom is -0.411 e. The van der Waals surface area contributed by atoms with Crippen LogP contribution in [0.5, 0.6) is 0 Å². The van der Waals surface area contributed by atoms with Crippen molar-refractivity contribution in [3.8, 4) is 0 Å². The van der Waals surface area contributed by atoms with Crippen molar-refractivity contribution in [1.82, 2.24) is 0 Å². The molecule has 0 aromatic heterocycles. The normalized spacial score (nSPS) is 20.3. The van der Waals surface area contributed by atoms with Crippen molar-refractivity contribution in [1.29, 1.82) is 0 Å². The monoisotopic (exact) mass is 184 g/mol. The molecular formula is C10H21BO2. The summed E-state index contributed by atoms with van der Waals surface area (Å²) in [6.07, 6.45) is 1.02. The summed E-state index contributed by atoms with van der Waals surface area (Å²) in [5, 5.41) is 0. The molecule has 1 aliphatic rings. The fraction of sp³-hybridized carbons (Fsp3) is 1.00. The standard InChI is InChI=1S/C10H21BO2/c1-8(2)5-11-12-6-10(7-13-11)9(3)4/h8-10H,5-7H2,1-4H3. The van der Waals surface area contributed by atoms with Crippen LogP contribution in [0.1, 0.15) is 27.7 Å². The third-order valence-corrected chi connectivity index (χ3v) is 2.60. The highest BCUT2D eigenvalue weighted by molar-refractivity contribution is 6.44. The van der Waals surface area contributed by atoms with E-state index >= 15 is 0 Å². The highest BCUT2D eigenvalue weighted by atomic mass is 16.6. The van der Waals surface area contributed by atoms with Gasteiger partial charge < -0.3 is 9.31 Å². The number of hydrogen-bond donors (Lipinski definition) is 0. The van der Waals surface area contributed by atoms with Gasteiger partial charge in [-0.05, 0) is 18.2 Å². The SMILES string of the molecule is CC(C)CB1OCC(C(C)C)CO1. The third-order valence-electron chi connectivity index (χ3n) is 2.60. The zero-order valence-electron chi connectivity index (χ0n) is 9.25. The molecule has 0 bridgehead atoms. The van der Waals surface area contributed by atoms with Gasteiger partial charge in [0.05, 0.1) is 0 Å². The van der Waals surface area contributed by atoms with Gasteiger partial charge in [0.25, 0.3) is 0 Å². The summed E-state index contributed by atoms with van der Waals surface area (Å²) in [5.74, 6) is 1.91. The van der Waals surface area contributed by atoms with Gasteiger partial charge in [-0.2, -0.15) is 0 Å². The van der Waals surface area contributed by atoms with Crippen LogP contribution in [0, 0.1) is 17.8 Å². The minimum atomic E-state index is 0.0509. The summed E-state index contributed by atoms with van der Waals surface area (Å²) in [6.45, 7) is 10.6. The molecule has 0 aromatic rings. The van der Waals surface area contributed by atoms with E-state index in [1.807, 2.05) is 0 Å². The first-order chi connectivity index (χ1) is 6.09. The van der Waals surface area contributed by atoms with Gasteiger partial charge in [-0.3, -0.25) is 0 Å². The lowest BCUT2D eigenvalue weighted by molar-refractivity contribution is 0.0556. The van der Waals surface area contributed by atoms with E-state index in [-0.39, 0.29) is 7.12 Å². The largest absolute Gasteiger partial charge is 0.457 e. The number of rotatable bonds is 3. The average Bonchev–Trinajstić information content (AvgIpc) is 2.04. The predicted octanol–water partition coefficient (Wildman–Crippen LogP) is 2.45. The van der Waals surface area contributed by atoms with E-state index < -0.39 is 0 Å². The quantitative estimate of drug-likeness (QED) is 0.627. The fourth-order valence-electron chi connectivity index (χ4n) is 1.46. The summed E-state index contributed by atoms with van der Waals surface area (Å²) in [5.41, 5.74) is 0. The van der Waals surface area contributed by atoms with E-state index in [0.717, 1.165) is 19.5 Å². The zero-order valence-corrected chi connectivity index (χ0v) is 9.25. The van der Waals surface area contributed by atoms with Gasteiger partial charge in [-0.1, -0.05) is 27.7 Å². The lowest BCUT2D eigenvalue weighted by Crippen LogP contribution is -2.38. The Labute approximate surface area is 82.1 Å². The molecule has 0 atom stereocenters. The molecule has 1 fully saturated rings. The van der Waals surface area contributed by atoms with Crippen molar-refractivity contribution >= 4 is 7.12 Å². The summed E-state index contributed by atoms with van der Waals surface area (Å²) >= 11 is 0. The average molecular weight is 184 g/mol. The van der Waals surface area contributed by atoms with Gasteiger partial charge in [0.1, 0.15) is 0 Å². The van der Waals surface area contributed by atoms with Crippen molar-refractivity contribution in [2.24, 2.45) is 17.8 Å². The van der Waals surface area contributed by atoms with Gasteiger partial charge in [-0.15, -0.1) is 0 Å². The maximum atomic E-state index is 5.64. The van der Waals surface area contributed by atoms with Crippen LogP contribution in [0.15, 0.2) is 0 Å². The molecule has 13 heavy (non-hydrogen) atoms. The first-order valence-corrected chi connectivity index (χ1v) is 5.32. The van der Waals surface area contributed by atoms with Gasteiger partial charge in [0, 0.05) is 19.1 Å². The first-order valence-electron chi connectivity index (χ1n) is 5.32. The fourth-order valence-corrected chi connectivity index (χ4v) is 1.46. The molecule has 0 amide bonds. The first kappa shape index (κ1) is 11.1. The van der Waals surface area contributed by atoms with Crippen molar-refractivity contribution < 1.29 is 9.31 Å². The van der Waals surface area contributed by atoms with Crippen molar-refractivity contribution in [2.75, 3.05) is 13.2 Å². The lowest BCUT2D eigenvalue weighted by Gasteiger charge is -2.30. The van der Waals surface area contributed by atoms with Crippen LogP contribution in [-0.4, -0.2) is 20.3 Å². The summed E-state index contributed by atoms with van der Waals surface area (Å²) in [7, 11) is 0.0509. The maximum Gasteiger partial charge on any atom is 0.457 e. The zero-order chi connectivity index (χ0) is 9.84. The Hall–Kier alpha value is -0.0151. The topological polar surface area (TPSA) is 18.5 Å². The summed E-state index contributed by atoms with van der Waals surface area (Å²) in [6, 6.07) is 0. The summed E-state index contributed by atoms with van der Waals surface area (Å²) < 4.78 is 11.3. The molecule has 76 valence electrons. The molecule has 1 aliphatic heterocycles. The second-order valence-electron chi connectivity index (χ2n) is 4.73. The van der Waals surface area contributed by atoms with Crippen LogP contribution in [0.3, 0.4) is 0 Å². The van der Waals surface area contributed by atoms with Crippen molar-refractivity contribution in [2.45, 2.75) is 34.0 Å². The molecule has 1 rings (SSSR count). The van der Waals surface area contributed by atoms with Gasteiger partial charge >= 0.3 is 7.12 Å². The van der Waals surface area contributed by atoms with Crippen LogP contribution < -0.4 is 0 Å². The predicted molar refractivity (Wildman–Crippen MR) is 55.6 cm³/mol. The molecule has 1 heterocycles. The molecule has 2 nitrogen and oxygen atoms in total. The molecule has 0 unspecified atom stereocenters. The number of hydrogen-bond acceptors (Lipinski definition) is 2. The van der Waals surface area contributed by atoms with E-state index in [1.165, 1.54) is 0 Å². The molecule has 0 aromatic carbocycles. The second-order valence-corrected chi connectivity index (χ2v) is 4.73. The third kappa shape index (κ3) is 3.69. The maximum absolute atomic E-state index is 5.64. The smallest absolute Gasteiger partial charge is 0.411 e. The van der Waals surface area contributed by atoms with Crippen molar-refractivity contribution in [3.63, 3.8) is 0 Å². The van der Waals surface area contributed by atoms with Gasteiger partial charge in [-0.25, -0.2) is 0 Å². The van der Waals surface area contributed by atoms with E-state index in [2.05, 4.69) is 27.7 Å². The van der Waals surface area contributed by atoms with Crippen LogP contribution in [0.4, 0.5) is 0 Å². The molecule has 0 spiro atoms. The Morgan fingerprint density at radius 3 is 2.08 bits per heavy atom. The van der Waals surface area contributed by atoms with E-state index in [4.69, 9.17) is 9.31 Å². The Kier molecular flexibility index (Phi) is 4.27. The van der Waals surface area contributed by atoms with E-state index in [0.29, 0.717) is 17.8 Å². The highest BCUT2D eigenvalue weighted by Crippen LogP contribution is 2.20. The molecule has 0 aliphatic carbocycles. The molecule has 0 saturated carbocycles. The van der Waals surface area contributed by atoms with E-state index in [1.54, 1.807) is 0 Å². The lowest BCUT2D eigenvalue weighted by atomic mass is 9.76. The van der Waals surface area contributed by atoms with Crippen LogP contribution in [0.25, 0.3) is 0 Å².